The molecule has 0 fully saturated rings. The molecule has 3 nitrogen and oxygen atoms in total. The molecule has 3 N–H and O–H groups in total. The van der Waals surface area contributed by atoms with Crippen molar-refractivity contribution in [3.05, 3.63) is 52.7 Å². The quantitative estimate of drug-likeness (QED) is 0.667. The monoisotopic (exact) mass is 277 g/mol. The number of hydrogen-bond donors (Lipinski definition) is 2. The summed E-state index contributed by atoms with van der Waals surface area (Å²) in [5, 5.41) is 8.99. The summed E-state index contributed by atoms with van der Waals surface area (Å²) in [6.07, 6.45) is 0. The Morgan fingerprint density at radius 2 is 1.94 bits per heavy atom. The molecule has 0 bridgehead atoms. The molecule has 0 saturated carbocycles. The van der Waals surface area contributed by atoms with Gasteiger partial charge in [0.25, 0.3) is 0 Å². The van der Waals surface area contributed by atoms with E-state index in [0.717, 1.165) is 15.6 Å². The number of halogens is 1. The summed E-state index contributed by atoms with van der Waals surface area (Å²) in [6, 6.07) is 11.2. The fourth-order valence-electron chi connectivity index (χ4n) is 1.47. The highest BCUT2D eigenvalue weighted by molar-refractivity contribution is 7.99. The second-order valence-electron chi connectivity index (χ2n) is 3.81. The van der Waals surface area contributed by atoms with Gasteiger partial charge in [-0.2, -0.15) is 0 Å². The molecule has 92 valence electrons. The molecule has 1 heterocycles. The number of nitrogens with two attached hydrogens (primary N) is 1. The van der Waals surface area contributed by atoms with Gasteiger partial charge in [0.2, 0.25) is 0 Å². The van der Waals surface area contributed by atoms with Crippen LogP contribution >= 0.6 is 23.4 Å². The molecular formula is C13H12ClN3S. The van der Waals surface area contributed by atoms with E-state index in [1.54, 1.807) is 6.07 Å². The molecule has 0 amide bonds. The molecule has 18 heavy (non-hydrogen) atoms. The van der Waals surface area contributed by atoms with Gasteiger partial charge in [-0.25, -0.2) is 4.98 Å². The van der Waals surface area contributed by atoms with E-state index in [-0.39, 0.29) is 5.84 Å². The van der Waals surface area contributed by atoms with E-state index in [4.69, 9.17) is 22.7 Å². The number of amidine groups is 1. The molecule has 0 aliphatic heterocycles. The van der Waals surface area contributed by atoms with Crippen LogP contribution in [0.15, 0.2) is 46.3 Å². The highest BCUT2D eigenvalue weighted by Gasteiger charge is 2.04. The Hall–Kier alpha value is -1.52. The van der Waals surface area contributed by atoms with E-state index in [9.17, 15) is 0 Å². The molecule has 1 aromatic carbocycles. The largest absolute Gasteiger partial charge is 0.384 e. The third kappa shape index (κ3) is 3.24. The van der Waals surface area contributed by atoms with Crippen LogP contribution in [-0.2, 0) is 0 Å². The first-order valence-electron chi connectivity index (χ1n) is 5.31. The van der Waals surface area contributed by atoms with Crippen LogP contribution in [0.1, 0.15) is 11.3 Å². The number of pyridine rings is 1. The second-order valence-corrected chi connectivity index (χ2v) is 5.34. The molecule has 0 spiro atoms. The zero-order valence-corrected chi connectivity index (χ0v) is 11.3. The molecular weight excluding hydrogens is 266 g/mol. The van der Waals surface area contributed by atoms with Gasteiger partial charge >= 0.3 is 0 Å². The van der Waals surface area contributed by atoms with Crippen LogP contribution in [0, 0.1) is 12.3 Å². The fraction of sp³-hybridized carbons (Fsp3) is 0.0769. The van der Waals surface area contributed by atoms with Crippen molar-refractivity contribution >= 4 is 29.2 Å². The number of nitrogens with zero attached hydrogens (tertiary/aromatic N) is 1. The molecule has 0 aliphatic rings. The van der Waals surface area contributed by atoms with Crippen LogP contribution in [-0.4, -0.2) is 10.8 Å². The average molecular weight is 278 g/mol. The maximum absolute atomic E-state index is 7.46. The van der Waals surface area contributed by atoms with Gasteiger partial charge in [0.15, 0.2) is 0 Å². The highest BCUT2D eigenvalue weighted by atomic mass is 35.5. The lowest BCUT2D eigenvalue weighted by Gasteiger charge is -2.05. The Labute approximate surface area is 115 Å². The molecule has 0 saturated heterocycles. The summed E-state index contributed by atoms with van der Waals surface area (Å²) in [6.45, 7) is 1.89. The van der Waals surface area contributed by atoms with Crippen molar-refractivity contribution in [2.45, 2.75) is 16.8 Å². The van der Waals surface area contributed by atoms with Crippen LogP contribution in [0.25, 0.3) is 0 Å². The predicted molar refractivity (Wildman–Crippen MR) is 75.6 cm³/mol. The molecule has 0 unspecified atom stereocenters. The van der Waals surface area contributed by atoms with Gasteiger partial charge in [-0.05, 0) is 43.3 Å². The summed E-state index contributed by atoms with van der Waals surface area (Å²) in [5.41, 5.74) is 7.03. The molecule has 0 atom stereocenters. The summed E-state index contributed by atoms with van der Waals surface area (Å²) < 4.78 is 0. The van der Waals surface area contributed by atoms with Crippen molar-refractivity contribution in [2.75, 3.05) is 0 Å². The first-order chi connectivity index (χ1) is 8.54. The lowest BCUT2D eigenvalue weighted by atomic mass is 10.2. The summed E-state index contributed by atoms with van der Waals surface area (Å²) in [4.78, 5) is 5.46. The van der Waals surface area contributed by atoms with Crippen LogP contribution in [0.5, 0.6) is 0 Å². The Kier molecular flexibility index (Phi) is 3.89. The van der Waals surface area contributed by atoms with E-state index in [1.807, 2.05) is 37.3 Å². The zero-order chi connectivity index (χ0) is 13.1. The smallest absolute Gasteiger partial charge is 0.122 e. The van der Waals surface area contributed by atoms with E-state index in [1.165, 1.54) is 11.8 Å². The number of benzene rings is 1. The van der Waals surface area contributed by atoms with Crippen molar-refractivity contribution in [1.82, 2.24) is 4.98 Å². The van der Waals surface area contributed by atoms with Gasteiger partial charge < -0.3 is 5.73 Å². The first-order valence-corrected chi connectivity index (χ1v) is 6.50. The number of aryl methyl sites for hydroxylation is 1. The van der Waals surface area contributed by atoms with Gasteiger partial charge in [0.05, 0.1) is 0 Å². The molecule has 2 rings (SSSR count). The minimum absolute atomic E-state index is 0.0541. The minimum atomic E-state index is 0.0541. The number of rotatable bonds is 3. The lowest BCUT2D eigenvalue weighted by molar-refractivity contribution is 1.06. The molecule has 5 heteroatoms. The second kappa shape index (κ2) is 5.42. The number of nitrogen functional groups attached to an aromatic ring is 1. The first kappa shape index (κ1) is 12.9. The Morgan fingerprint density at radius 1 is 1.28 bits per heavy atom. The summed E-state index contributed by atoms with van der Waals surface area (Å²) >= 11 is 7.36. The predicted octanol–water partition coefficient (Wildman–Crippen LogP) is 3.48. The van der Waals surface area contributed by atoms with Crippen LogP contribution in [0.4, 0.5) is 0 Å². The van der Waals surface area contributed by atoms with Crippen molar-refractivity contribution in [1.29, 1.82) is 5.41 Å². The van der Waals surface area contributed by atoms with E-state index >= 15 is 0 Å². The standard InChI is InChI=1S/C13H12ClN3S/c1-8-6-9(13(15)16)7-12(17-8)18-11-4-2-10(14)3-5-11/h2-7H,1H3,(H3,15,16). The highest BCUT2D eigenvalue weighted by Crippen LogP contribution is 2.27. The summed E-state index contributed by atoms with van der Waals surface area (Å²) in [7, 11) is 0. The maximum Gasteiger partial charge on any atom is 0.122 e. The third-order valence-electron chi connectivity index (χ3n) is 2.28. The topological polar surface area (TPSA) is 62.8 Å². The van der Waals surface area contributed by atoms with Crippen molar-refractivity contribution in [2.24, 2.45) is 5.73 Å². The fourth-order valence-corrected chi connectivity index (χ4v) is 2.48. The molecule has 2 aromatic rings. The number of hydrogen-bond acceptors (Lipinski definition) is 3. The van der Waals surface area contributed by atoms with Gasteiger partial charge in [-0.3, -0.25) is 5.41 Å². The molecule has 0 radical (unpaired) electrons. The SMILES string of the molecule is Cc1cc(C(=N)N)cc(Sc2ccc(Cl)cc2)n1. The maximum atomic E-state index is 7.46. The van der Waals surface area contributed by atoms with Gasteiger partial charge in [0, 0.05) is 21.2 Å². The van der Waals surface area contributed by atoms with Crippen LogP contribution in [0.2, 0.25) is 5.02 Å². The van der Waals surface area contributed by atoms with Crippen molar-refractivity contribution in [3.8, 4) is 0 Å². The Balaban J connectivity index is 2.28. The van der Waals surface area contributed by atoms with Crippen molar-refractivity contribution < 1.29 is 0 Å². The Bertz CT molecular complexity index is 581. The Morgan fingerprint density at radius 3 is 2.56 bits per heavy atom. The number of nitrogens with one attached hydrogen (secondary N) is 1. The van der Waals surface area contributed by atoms with E-state index in [2.05, 4.69) is 4.98 Å². The van der Waals surface area contributed by atoms with Crippen LogP contribution in [0.3, 0.4) is 0 Å². The minimum Gasteiger partial charge on any atom is -0.384 e. The zero-order valence-electron chi connectivity index (χ0n) is 9.77. The normalized spacial score (nSPS) is 10.3. The van der Waals surface area contributed by atoms with Gasteiger partial charge in [-0.15, -0.1) is 0 Å². The average Bonchev–Trinajstić information content (AvgIpc) is 2.31. The summed E-state index contributed by atoms with van der Waals surface area (Å²) in [5.74, 6) is 0.0541. The van der Waals surface area contributed by atoms with Crippen molar-refractivity contribution in [3.63, 3.8) is 0 Å². The lowest BCUT2D eigenvalue weighted by Crippen LogP contribution is -2.11. The van der Waals surface area contributed by atoms with Gasteiger partial charge in [-0.1, -0.05) is 23.4 Å². The van der Waals surface area contributed by atoms with E-state index in [0.29, 0.717) is 10.6 Å². The number of aromatic nitrogens is 1. The van der Waals surface area contributed by atoms with E-state index < -0.39 is 0 Å². The molecule has 0 aliphatic carbocycles. The molecule has 1 aromatic heterocycles. The van der Waals surface area contributed by atoms with Gasteiger partial charge in [0.1, 0.15) is 10.9 Å². The van der Waals surface area contributed by atoms with Crippen LogP contribution < -0.4 is 5.73 Å². The third-order valence-corrected chi connectivity index (χ3v) is 3.46.